The van der Waals surface area contributed by atoms with E-state index in [2.05, 4.69) is 0 Å². The van der Waals surface area contributed by atoms with Crippen LogP contribution in [-0.2, 0) is 14.3 Å². The van der Waals surface area contributed by atoms with Gasteiger partial charge >= 0.3 is 0 Å². The van der Waals surface area contributed by atoms with Crippen molar-refractivity contribution >= 4 is 28.2 Å². The van der Waals surface area contributed by atoms with E-state index in [-0.39, 0.29) is 31.3 Å². The van der Waals surface area contributed by atoms with Crippen LogP contribution in [0.25, 0.3) is 16.5 Å². The predicted molar refractivity (Wildman–Crippen MR) is 117 cm³/mol. The van der Waals surface area contributed by atoms with Gasteiger partial charge in [-0.3, -0.25) is 9.59 Å². The largest absolute Gasteiger partial charge is 0.507 e. The summed E-state index contributed by atoms with van der Waals surface area (Å²) < 4.78 is 15.9. The van der Waals surface area contributed by atoms with Crippen LogP contribution < -0.4 is 9.47 Å². The highest BCUT2D eigenvalue weighted by Crippen LogP contribution is 2.43. The van der Waals surface area contributed by atoms with E-state index in [0.717, 1.165) is 16.3 Å². The molecule has 0 bridgehead atoms. The number of carbonyl (C=O) groups is 2. The van der Waals surface area contributed by atoms with E-state index in [1.54, 1.807) is 18.2 Å². The van der Waals surface area contributed by atoms with E-state index in [1.165, 1.54) is 12.0 Å². The standard InChI is InChI=1S/C25H21NO6/c1-30-12-11-26-22(18-8-4-6-15-5-2-3-7-17(15)18)21(24(28)25(26)29)23(27)16-9-10-19-20(13-16)32-14-31-19/h2-10,13,22,27H,11-12,14H2,1H3/b23-21-. The molecule has 2 aliphatic heterocycles. The smallest absolute Gasteiger partial charge is 0.295 e. The summed E-state index contributed by atoms with van der Waals surface area (Å²) in [6, 6.07) is 17.7. The van der Waals surface area contributed by atoms with Crippen LogP contribution in [-0.4, -0.2) is 48.8 Å². The van der Waals surface area contributed by atoms with Crippen LogP contribution in [0.2, 0.25) is 0 Å². The maximum absolute atomic E-state index is 13.1. The number of aliphatic hydroxyl groups is 1. The molecular weight excluding hydrogens is 410 g/mol. The third kappa shape index (κ3) is 3.18. The van der Waals surface area contributed by atoms with Crippen molar-refractivity contribution < 1.29 is 28.9 Å². The minimum atomic E-state index is -0.748. The van der Waals surface area contributed by atoms with Gasteiger partial charge in [-0.1, -0.05) is 42.5 Å². The molecule has 2 aliphatic rings. The minimum Gasteiger partial charge on any atom is -0.507 e. The molecule has 1 unspecified atom stereocenters. The highest BCUT2D eigenvalue weighted by Gasteiger charge is 2.46. The molecule has 1 N–H and O–H groups in total. The molecule has 7 heteroatoms. The maximum atomic E-state index is 13.1. The van der Waals surface area contributed by atoms with Crippen LogP contribution in [0.4, 0.5) is 0 Å². The number of aliphatic hydroxyl groups excluding tert-OH is 1. The summed E-state index contributed by atoms with van der Waals surface area (Å²) >= 11 is 0. The molecule has 162 valence electrons. The number of fused-ring (bicyclic) bond motifs is 2. The highest BCUT2D eigenvalue weighted by atomic mass is 16.7. The molecule has 0 aliphatic carbocycles. The molecule has 0 aromatic heterocycles. The fraction of sp³-hybridized carbons (Fsp3) is 0.200. The Bertz CT molecular complexity index is 1260. The number of ketones is 1. The monoisotopic (exact) mass is 431 g/mol. The normalized spacial score (nSPS) is 19.2. The van der Waals surface area contributed by atoms with Gasteiger partial charge in [0.15, 0.2) is 11.5 Å². The SMILES string of the molecule is COCCN1C(=O)C(=O)/C(=C(\O)c2ccc3c(c2)OCO3)C1c1cccc2ccccc12. The van der Waals surface area contributed by atoms with Gasteiger partial charge in [-0.05, 0) is 34.5 Å². The summed E-state index contributed by atoms with van der Waals surface area (Å²) in [5, 5.41) is 13.1. The lowest BCUT2D eigenvalue weighted by Gasteiger charge is -2.26. The maximum Gasteiger partial charge on any atom is 0.295 e. The first-order valence-corrected chi connectivity index (χ1v) is 10.2. The van der Waals surface area contributed by atoms with Gasteiger partial charge in [0.05, 0.1) is 18.2 Å². The number of Topliss-reactive ketones (excluding diaryl/α,β-unsaturated/α-hetero) is 1. The zero-order valence-electron chi connectivity index (χ0n) is 17.4. The number of nitrogens with zero attached hydrogens (tertiary/aromatic N) is 1. The van der Waals surface area contributed by atoms with Crippen LogP contribution in [0.15, 0.2) is 66.2 Å². The lowest BCUT2D eigenvalue weighted by molar-refractivity contribution is -0.140. The fourth-order valence-electron chi connectivity index (χ4n) is 4.31. The van der Waals surface area contributed by atoms with Gasteiger partial charge in [0.2, 0.25) is 6.79 Å². The Balaban J connectivity index is 1.71. The molecule has 2 heterocycles. The fourth-order valence-corrected chi connectivity index (χ4v) is 4.31. The first-order valence-electron chi connectivity index (χ1n) is 10.2. The van der Waals surface area contributed by atoms with E-state index in [1.807, 2.05) is 42.5 Å². The van der Waals surface area contributed by atoms with Crippen LogP contribution in [0.3, 0.4) is 0 Å². The molecule has 32 heavy (non-hydrogen) atoms. The molecule has 3 aromatic rings. The zero-order valence-corrected chi connectivity index (χ0v) is 17.4. The summed E-state index contributed by atoms with van der Waals surface area (Å²) in [6.45, 7) is 0.572. The Labute approximate surface area is 184 Å². The van der Waals surface area contributed by atoms with Crippen molar-refractivity contribution in [2.75, 3.05) is 27.1 Å². The van der Waals surface area contributed by atoms with Crippen molar-refractivity contribution in [1.82, 2.24) is 4.90 Å². The third-order valence-corrected chi connectivity index (χ3v) is 5.84. The molecule has 7 nitrogen and oxygen atoms in total. The van der Waals surface area contributed by atoms with E-state index in [9.17, 15) is 14.7 Å². The first kappa shape index (κ1) is 20.1. The number of hydrogen-bond acceptors (Lipinski definition) is 6. The Morgan fingerprint density at radius 2 is 1.84 bits per heavy atom. The summed E-state index contributed by atoms with van der Waals surface area (Å²) in [5.41, 5.74) is 1.19. The number of rotatable bonds is 5. The molecule has 0 radical (unpaired) electrons. The van der Waals surface area contributed by atoms with E-state index in [0.29, 0.717) is 17.1 Å². The average molecular weight is 431 g/mol. The van der Waals surface area contributed by atoms with Crippen molar-refractivity contribution in [1.29, 1.82) is 0 Å². The molecule has 1 saturated heterocycles. The molecule has 5 rings (SSSR count). The van der Waals surface area contributed by atoms with Gasteiger partial charge < -0.3 is 24.2 Å². The number of carbonyl (C=O) groups excluding carboxylic acids is 2. The van der Waals surface area contributed by atoms with Gasteiger partial charge in [0.25, 0.3) is 11.7 Å². The molecule has 0 saturated carbocycles. The first-order chi connectivity index (χ1) is 15.6. The van der Waals surface area contributed by atoms with Crippen LogP contribution in [0.1, 0.15) is 17.2 Å². The summed E-state index contributed by atoms with van der Waals surface area (Å²) in [6.07, 6.45) is 0. The minimum absolute atomic E-state index is 0.0429. The van der Waals surface area contributed by atoms with Crippen LogP contribution in [0.5, 0.6) is 11.5 Å². The average Bonchev–Trinajstić information content (AvgIpc) is 3.39. The van der Waals surface area contributed by atoms with Gasteiger partial charge in [0.1, 0.15) is 5.76 Å². The Morgan fingerprint density at radius 1 is 1.06 bits per heavy atom. The number of hydrogen-bond donors (Lipinski definition) is 1. The van der Waals surface area contributed by atoms with E-state index >= 15 is 0 Å². The van der Waals surface area contributed by atoms with Crippen molar-refractivity contribution in [2.24, 2.45) is 0 Å². The topological polar surface area (TPSA) is 85.3 Å². The van der Waals surface area contributed by atoms with E-state index < -0.39 is 17.7 Å². The van der Waals surface area contributed by atoms with Crippen LogP contribution in [0, 0.1) is 0 Å². The third-order valence-electron chi connectivity index (χ3n) is 5.84. The molecule has 3 aromatic carbocycles. The van der Waals surface area contributed by atoms with Crippen molar-refractivity contribution in [3.8, 4) is 11.5 Å². The highest BCUT2D eigenvalue weighted by molar-refractivity contribution is 6.46. The van der Waals surface area contributed by atoms with Crippen molar-refractivity contribution in [3.63, 3.8) is 0 Å². The Kier molecular flexibility index (Phi) is 5.03. The lowest BCUT2D eigenvalue weighted by Crippen LogP contribution is -2.32. The molecule has 1 fully saturated rings. The second-order valence-electron chi connectivity index (χ2n) is 7.62. The van der Waals surface area contributed by atoms with Gasteiger partial charge in [0, 0.05) is 19.2 Å². The number of likely N-dealkylation sites (tertiary alicyclic amines) is 1. The van der Waals surface area contributed by atoms with Crippen LogP contribution >= 0.6 is 0 Å². The Morgan fingerprint density at radius 3 is 2.69 bits per heavy atom. The summed E-state index contributed by atoms with van der Waals surface area (Å²) in [7, 11) is 1.54. The second kappa shape index (κ2) is 8.01. The number of ether oxygens (including phenoxy) is 3. The van der Waals surface area contributed by atoms with Gasteiger partial charge in [-0.25, -0.2) is 0 Å². The van der Waals surface area contributed by atoms with Crippen molar-refractivity contribution in [2.45, 2.75) is 6.04 Å². The molecule has 1 atom stereocenters. The van der Waals surface area contributed by atoms with Gasteiger partial charge in [-0.2, -0.15) is 0 Å². The number of amides is 1. The van der Waals surface area contributed by atoms with Gasteiger partial charge in [-0.15, -0.1) is 0 Å². The molecular formula is C25H21NO6. The number of benzene rings is 3. The van der Waals surface area contributed by atoms with Crippen molar-refractivity contribution in [3.05, 3.63) is 77.4 Å². The molecule has 1 amide bonds. The second-order valence-corrected chi connectivity index (χ2v) is 7.62. The zero-order chi connectivity index (χ0) is 22.2. The Hall–Kier alpha value is -3.84. The summed E-state index contributed by atoms with van der Waals surface area (Å²) in [4.78, 5) is 27.6. The summed E-state index contributed by atoms with van der Waals surface area (Å²) in [5.74, 6) is -0.604. The molecule has 0 spiro atoms. The quantitative estimate of drug-likeness (QED) is 0.377. The van der Waals surface area contributed by atoms with E-state index in [4.69, 9.17) is 14.2 Å². The number of methoxy groups -OCH3 is 1. The predicted octanol–water partition coefficient (Wildman–Crippen LogP) is 3.64. The lowest BCUT2D eigenvalue weighted by atomic mass is 9.91.